The molecule has 0 aromatic heterocycles. The summed E-state index contributed by atoms with van der Waals surface area (Å²) in [6, 6.07) is 0.259. The van der Waals surface area contributed by atoms with Crippen molar-refractivity contribution in [2.24, 2.45) is 0 Å². The lowest BCUT2D eigenvalue weighted by Crippen LogP contribution is -2.84. The SMILES string of the molecule is CCC1CNC(C(=O)NC23CC(NC(=O)COC4CCC(Cl)C(Cl)C4)(C2)C3)CN1. The van der Waals surface area contributed by atoms with Gasteiger partial charge in [-0.15, -0.1) is 23.2 Å². The first-order chi connectivity index (χ1) is 13.8. The van der Waals surface area contributed by atoms with Crippen molar-refractivity contribution in [3.63, 3.8) is 0 Å². The van der Waals surface area contributed by atoms with Crippen LogP contribution in [-0.4, -0.2) is 71.5 Å². The Bertz CT molecular complexity index is 621. The van der Waals surface area contributed by atoms with E-state index in [4.69, 9.17) is 27.9 Å². The standard InChI is InChI=1S/C20H32Cl2N4O3/c1-2-12-6-24-16(7-23-12)18(28)26-20-9-19(10-20,11-20)25-17(27)8-29-13-3-4-14(21)15(22)5-13/h12-16,23-24H,2-11H2,1H3,(H,25,27)(H,26,28). The third-order valence-electron chi connectivity index (χ3n) is 6.95. The number of carbonyl (C=O) groups is 2. The minimum atomic E-state index is -0.181. The van der Waals surface area contributed by atoms with Crippen molar-refractivity contribution in [1.29, 1.82) is 0 Å². The Morgan fingerprint density at radius 2 is 1.76 bits per heavy atom. The van der Waals surface area contributed by atoms with Gasteiger partial charge < -0.3 is 26.0 Å². The Morgan fingerprint density at radius 1 is 1.03 bits per heavy atom. The molecule has 7 nitrogen and oxygen atoms in total. The predicted octanol–water partition coefficient (Wildman–Crippen LogP) is 1.02. The summed E-state index contributed by atoms with van der Waals surface area (Å²) in [7, 11) is 0. The average molecular weight is 447 g/mol. The van der Waals surface area contributed by atoms with Crippen LogP contribution in [0.25, 0.3) is 0 Å². The topological polar surface area (TPSA) is 91.5 Å². The number of carbonyl (C=O) groups excluding carboxylic acids is 2. The van der Waals surface area contributed by atoms with Crippen LogP contribution in [0.5, 0.6) is 0 Å². The first-order valence-corrected chi connectivity index (χ1v) is 11.7. The molecule has 2 bridgehead atoms. The Kier molecular flexibility index (Phi) is 6.34. The highest BCUT2D eigenvalue weighted by atomic mass is 35.5. The highest BCUT2D eigenvalue weighted by Gasteiger charge is 2.69. The predicted molar refractivity (Wildman–Crippen MR) is 112 cm³/mol. The highest BCUT2D eigenvalue weighted by molar-refractivity contribution is 6.30. The molecular formula is C20H32Cl2N4O3. The van der Waals surface area contributed by atoms with Crippen LogP contribution in [0, 0.1) is 0 Å². The van der Waals surface area contributed by atoms with Gasteiger partial charge in [0.05, 0.1) is 22.9 Å². The van der Waals surface area contributed by atoms with Crippen molar-refractivity contribution in [1.82, 2.24) is 21.3 Å². The van der Waals surface area contributed by atoms with Crippen molar-refractivity contribution < 1.29 is 14.3 Å². The van der Waals surface area contributed by atoms with Crippen molar-refractivity contribution in [2.75, 3.05) is 19.7 Å². The molecule has 5 atom stereocenters. The van der Waals surface area contributed by atoms with Crippen LogP contribution >= 0.6 is 23.2 Å². The second kappa shape index (κ2) is 8.50. The van der Waals surface area contributed by atoms with Gasteiger partial charge in [-0.3, -0.25) is 9.59 Å². The smallest absolute Gasteiger partial charge is 0.246 e. The average Bonchev–Trinajstić information content (AvgIpc) is 2.66. The Balaban J connectivity index is 1.14. The molecular weight excluding hydrogens is 415 g/mol. The molecule has 1 aliphatic heterocycles. The van der Waals surface area contributed by atoms with E-state index in [0.717, 1.165) is 45.1 Å². The van der Waals surface area contributed by atoms with Gasteiger partial charge in [0.2, 0.25) is 11.8 Å². The van der Waals surface area contributed by atoms with Gasteiger partial charge in [-0.2, -0.15) is 0 Å². The van der Waals surface area contributed by atoms with Gasteiger partial charge in [-0.25, -0.2) is 0 Å². The molecule has 1 heterocycles. The number of piperazine rings is 1. The molecule has 5 aliphatic rings. The zero-order valence-electron chi connectivity index (χ0n) is 16.9. The first-order valence-electron chi connectivity index (χ1n) is 10.8. The fourth-order valence-electron chi connectivity index (χ4n) is 5.31. The van der Waals surface area contributed by atoms with E-state index in [1.165, 1.54) is 0 Å². The Morgan fingerprint density at radius 3 is 2.38 bits per heavy atom. The van der Waals surface area contributed by atoms with E-state index in [-0.39, 0.29) is 52.4 Å². The lowest BCUT2D eigenvalue weighted by molar-refractivity contribution is -0.154. The zero-order chi connectivity index (χ0) is 20.6. The molecule has 9 heteroatoms. The molecule has 5 unspecified atom stereocenters. The van der Waals surface area contributed by atoms with Crippen LogP contribution in [-0.2, 0) is 14.3 Å². The van der Waals surface area contributed by atoms with Crippen LogP contribution < -0.4 is 21.3 Å². The number of rotatable bonds is 7. The van der Waals surface area contributed by atoms with E-state index < -0.39 is 0 Å². The molecule has 0 aromatic rings. The summed E-state index contributed by atoms with van der Waals surface area (Å²) in [6.45, 7) is 3.67. The van der Waals surface area contributed by atoms with E-state index in [0.29, 0.717) is 19.0 Å². The number of hydrogen-bond acceptors (Lipinski definition) is 5. The summed E-state index contributed by atoms with van der Waals surface area (Å²) < 4.78 is 5.74. The quantitative estimate of drug-likeness (QED) is 0.438. The molecule has 164 valence electrons. The molecule has 0 radical (unpaired) electrons. The number of halogens is 2. The maximum atomic E-state index is 12.5. The summed E-state index contributed by atoms with van der Waals surface area (Å²) in [6.07, 6.45) is 5.81. The second-order valence-corrected chi connectivity index (χ2v) is 10.5. The van der Waals surface area contributed by atoms with Gasteiger partial charge in [0.1, 0.15) is 6.61 Å². The number of hydrogen-bond donors (Lipinski definition) is 4. The normalized spacial score (nSPS) is 43.6. The minimum absolute atomic E-state index is 0.000758. The Labute approximate surface area is 182 Å². The summed E-state index contributed by atoms with van der Waals surface area (Å²) in [5, 5.41) is 12.9. The van der Waals surface area contributed by atoms with Gasteiger partial charge in [0, 0.05) is 30.2 Å². The van der Waals surface area contributed by atoms with Crippen LogP contribution in [0.3, 0.4) is 0 Å². The summed E-state index contributed by atoms with van der Waals surface area (Å²) in [5.74, 6) is -0.0342. The molecule has 29 heavy (non-hydrogen) atoms. The van der Waals surface area contributed by atoms with Crippen LogP contribution in [0.2, 0.25) is 0 Å². The van der Waals surface area contributed by atoms with E-state index in [2.05, 4.69) is 28.2 Å². The van der Waals surface area contributed by atoms with Crippen molar-refractivity contribution in [2.45, 2.75) is 91.9 Å². The summed E-state index contributed by atoms with van der Waals surface area (Å²) >= 11 is 12.3. The summed E-state index contributed by atoms with van der Waals surface area (Å²) in [5.41, 5.74) is -0.304. The number of amides is 2. The number of ether oxygens (including phenoxy) is 1. The fraction of sp³-hybridized carbons (Fsp3) is 0.900. The lowest BCUT2D eigenvalue weighted by Gasteiger charge is -2.70. The molecule has 4 N–H and O–H groups in total. The maximum Gasteiger partial charge on any atom is 0.246 e. The van der Waals surface area contributed by atoms with Gasteiger partial charge >= 0.3 is 0 Å². The van der Waals surface area contributed by atoms with Crippen LogP contribution in [0.1, 0.15) is 51.9 Å². The second-order valence-electron chi connectivity index (χ2n) is 9.38. The van der Waals surface area contributed by atoms with Crippen molar-refractivity contribution >= 4 is 35.0 Å². The molecule has 0 spiro atoms. The zero-order valence-corrected chi connectivity index (χ0v) is 18.5. The molecule has 5 rings (SSSR count). The molecule has 1 saturated heterocycles. The Hall–Kier alpha value is -0.600. The lowest BCUT2D eigenvalue weighted by atomic mass is 9.44. The van der Waals surface area contributed by atoms with E-state index in [1.54, 1.807) is 0 Å². The monoisotopic (exact) mass is 446 g/mol. The van der Waals surface area contributed by atoms with Crippen LogP contribution in [0.15, 0.2) is 0 Å². The molecule has 4 saturated carbocycles. The van der Waals surface area contributed by atoms with E-state index in [1.807, 2.05) is 0 Å². The van der Waals surface area contributed by atoms with Gasteiger partial charge in [-0.05, 0) is 44.9 Å². The highest BCUT2D eigenvalue weighted by Crippen LogP contribution is 2.60. The maximum absolute atomic E-state index is 12.5. The van der Waals surface area contributed by atoms with Crippen molar-refractivity contribution in [3.8, 4) is 0 Å². The minimum Gasteiger partial charge on any atom is -0.368 e. The largest absolute Gasteiger partial charge is 0.368 e. The van der Waals surface area contributed by atoms with Gasteiger partial charge in [0.15, 0.2) is 0 Å². The van der Waals surface area contributed by atoms with Gasteiger partial charge in [-0.1, -0.05) is 6.92 Å². The number of nitrogens with one attached hydrogen (secondary N) is 4. The first kappa shape index (κ1) is 21.6. The molecule has 5 fully saturated rings. The van der Waals surface area contributed by atoms with E-state index in [9.17, 15) is 9.59 Å². The third kappa shape index (κ3) is 4.69. The van der Waals surface area contributed by atoms with Gasteiger partial charge in [0.25, 0.3) is 0 Å². The molecule has 0 aromatic carbocycles. The number of alkyl halides is 2. The molecule has 2 amide bonds. The summed E-state index contributed by atoms with van der Waals surface area (Å²) in [4.78, 5) is 24.8. The fourth-order valence-corrected chi connectivity index (χ4v) is 5.86. The molecule has 4 aliphatic carbocycles. The van der Waals surface area contributed by atoms with Crippen LogP contribution in [0.4, 0.5) is 0 Å². The van der Waals surface area contributed by atoms with E-state index >= 15 is 0 Å². The third-order valence-corrected chi connectivity index (χ3v) is 8.08. The van der Waals surface area contributed by atoms with Crippen molar-refractivity contribution in [3.05, 3.63) is 0 Å².